The van der Waals surface area contributed by atoms with Gasteiger partial charge in [0.05, 0.1) is 23.5 Å². The summed E-state index contributed by atoms with van der Waals surface area (Å²) in [6.07, 6.45) is 0. The zero-order chi connectivity index (χ0) is 12.4. The van der Waals surface area contributed by atoms with Gasteiger partial charge in [0.15, 0.2) is 5.69 Å². The lowest BCUT2D eigenvalue weighted by atomic mass is 10.3. The SMILES string of the molecule is COC(=O)c1c(C)nnn1-c1ccccc1Cl. The number of hydrogen-bond donors (Lipinski definition) is 0. The third-order valence-electron chi connectivity index (χ3n) is 2.30. The summed E-state index contributed by atoms with van der Waals surface area (Å²) < 4.78 is 6.07. The van der Waals surface area contributed by atoms with Crippen LogP contribution in [0, 0.1) is 6.92 Å². The average molecular weight is 252 g/mol. The van der Waals surface area contributed by atoms with Crippen LogP contribution < -0.4 is 0 Å². The molecule has 6 heteroatoms. The van der Waals surface area contributed by atoms with Crippen molar-refractivity contribution in [2.75, 3.05) is 7.11 Å². The minimum Gasteiger partial charge on any atom is -0.464 e. The molecule has 0 radical (unpaired) electrons. The van der Waals surface area contributed by atoms with Crippen LogP contribution >= 0.6 is 11.6 Å². The lowest BCUT2D eigenvalue weighted by Crippen LogP contribution is -2.11. The Bertz CT molecular complexity index is 566. The van der Waals surface area contributed by atoms with E-state index in [1.54, 1.807) is 31.2 Å². The van der Waals surface area contributed by atoms with Crippen molar-refractivity contribution < 1.29 is 9.53 Å². The molecule has 0 fully saturated rings. The van der Waals surface area contributed by atoms with Crippen molar-refractivity contribution in [2.45, 2.75) is 6.92 Å². The number of rotatable bonds is 2. The van der Waals surface area contributed by atoms with Crippen molar-refractivity contribution >= 4 is 17.6 Å². The first-order valence-corrected chi connectivity index (χ1v) is 5.28. The van der Waals surface area contributed by atoms with Crippen molar-refractivity contribution in [2.24, 2.45) is 0 Å². The van der Waals surface area contributed by atoms with E-state index in [4.69, 9.17) is 16.3 Å². The summed E-state index contributed by atoms with van der Waals surface area (Å²) in [6.45, 7) is 1.69. The van der Waals surface area contributed by atoms with Gasteiger partial charge in [-0.05, 0) is 19.1 Å². The van der Waals surface area contributed by atoms with Gasteiger partial charge in [0, 0.05) is 0 Å². The number of benzene rings is 1. The van der Waals surface area contributed by atoms with Gasteiger partial charge in [-0.25, -0.2) is 9.48 Å². The Labute approximate surface area is 103 Å². The number of esters is 1. The predicted molar refractivity (Wildman–Crippen MR) is 62.4 cm³/mol. The number of methoxy groups -OCH3 is 1. The second kappa shape index (κ2) is 4.55. The molecule has 17 heavy (non-hydrogen) atoms. The van der Waals surface area contributed by atoms with Crippen molar-refractivity contribution in [3.8, 4) is 5.69 Å². The molecule has 0 spiro atoms. The molecule has 88 valence electrons. The van der Waals surface area contributed by atoms with Crippen LogP contribution in [0.15, 0.2) is 24.3 Å². The minimum absolute atomic E-state index is 0.278. The second-order valence-electron chi connectivity index (χ2n) is 3.38. The highest BCUT2D eigenvalue weighted by Gasteiger charge is 2.20. The Morgan fingerprint density at radius 3 is 2.76 bits per heavy atom. The quantitative estimate of drug-likeness (QED) is 0.766. The molecular weight excluding hydrogens is 242 g/mol. The third kappa shape index (κ3) is 2.01. The zero-order valence-corrected chi connectivity index (χ0v) is 10.1. The van der Waals surface area contributed by atoms with Crippen molar-refractivity contribution in [3.05, 3.63) is 40.7 Å². The number of hydrogen-bond acceptors (Lipinski definition) is 4. The number of halogens is 1. The van der Waals surface area contributed by atoms with E-state index >= 15 is 0 Å². The van der Waals surface area contributed by atoms with E-state index in [2.05, 4.69) is 10.3 Å². The van der Waals surface area contributed by atoms with Crippen LogP contribution in [0.5, 0.6) is 0 Å². The summed E-state index contributed by atoms with van der Waals surface area (Å²) >= 11 is 6.05. The Morgan fingerprint density at radius 2 is 2.12 bits per heavy atom. The highest BCUT2D eigenvalue weighted by molar-refractivity contribution is 6.32. The van der Waals surface area contributed by atoms with Crippen molar-refractivity contribution in [3.63, 3.8) is 0 Å². The molecule has 2 rings (SSSR count). The molecule has 0 unspecified atom stereocenters. The smallest absolute Gasteiger partial charge is 0.358 e. The predicted octanol–water partition coefficient (Wildman–Crippen LogP) is 2.02. The average Bonchev–Trinajstić information content (AvgIpc) is 2.71. The number of ether oxygens (including phenoxy) is 1. The molecule has 0 aliphatic rings. The number of para-hydroxylation sites is 1. The summed E-state index contributed by atoms with van der Waals surface area (Å²) in [7, 11) is 1.31. The molecule has 1 heterocycles. The largest absolute Gasteiger partial charge is 0.464 e. The fourth-order valence-corrected chi connectivity index (χ4v) is 1.70. The van der Waals surface area contributed by atoms with E-state index in [1.807, 2.05) is 0 Å². The molecular formula is C11H10ClN3O2. The highest BCUT2D eigenvalue weighted by Crippen LogP contribution is 2.21. The van der Waals surface area contributed by atoms with Crippen LogP contribution in [0.3, 0.4) is 0 Å². The maximum atomic E-state index is 11.6. The summed E-state index contributed by atoms with van der Waals surface area (Å²) in [5.41, 5.74) is 1.37. The Kier molecular flexibility index (Phi) is 3.10. The molecule has 5 nitrogen and oxygen atoms in total. The van der Waals surface area contributed by atoms with Crippen LogP contribution in [-0.2, 0) is 4.74 Å². The molecule has 0 saturated heterocycles. The summed E-state index contributed by atoms with van der Waals surface area (Å²) in [5.74, 6) is -0.493. The molecule has 0 N–H and O–H groups in total. The standard InChI is InChI=1S/C11H10ClN3O2/c1-7-10(11(16)17-2)15(14-13-7)9-6-4-3-5-8(9)12/h3-6H,1-2H3. The van der Waals surface area contributed by atoms with Crippen LogP contribution in [-0.4, -0.2) is 28.1 Å². The Hall–Kier alpha value is -1.88. The lowest BCUT2D eigenvalue weighted by Gasteiger charge is -2.06. The molecule has 0 aliphatic carbocycles. The third-order valence-corrected chi connectivity index (χ3v) is 2.62. The van der Waals surface area contributed by atoms with Gasteiger partial charge in [0.1, 0.15) is 0 Å². The normalized spacial score (nSPS) is 10.3. The molecule has 1 aromatic heterocycles. The van der Waals surface area contributed by atoms with Gasteiger partial charge in [-0.15, -0.1) is 5.10 Å². The van der Waals surface area contributed by atoms with Gasteiger partial charge in [0.2, 0.25) is 0 Å². The van der Waals surface area contributed by atoms with Crippen molar-refractivity contribution in [1.82, 2.24) is 15.0 Å². The van der Waals surface area contributed by atoms with Gasteiger partial charge in [0.25, 0.3) is 0 Å². The molecule has 0 bridgehead atoms. The van der Waals surface area contributed by atoms with Gasteiger partial charge >= 0.3 is 5.97 Å². The van der Waals surface area contributed by atoms with E-state index in [0.717, 1.165) is 0 Å². The van der Waals surface area contributed by atoms with E-state index in [-0.39, 0.29) is 5.69 Å². The fourth-order valence-electron chi connectivity index (χ4n) is 1.48. The molecule has 0 amide bonds. The van der Waals surface area contributed by atoms with Crippen LogP contribution in [0.2, 0.25) is 5.02 Å². The fraction of sp³-hybridized carbons (Fsp3) is 0.182. The monoisotopic (exact) mass is 251 g/mol. The first kappa shape index (κ1) is 11.6. The van der Waals surface area contributed by atoms with Gasteiger partial charge < -0.3 is 4.74 Å². The topological polar surface area (TPSA) is 57.0 Å². The van der Waals surface area contributed by atoms with Crippen LogP contribution in [0.4, 0.5) is 0 Å². The first-order chi connectivity index (χ1) is 8.15. The van der Waals surface area contributed by atoms with E-state index in [9.17, 15) is 4.79 Å². The van der Waals surface area contributed by atoms with E-state index < -0.39 is 5.97 Å². The van der Waals surface area contributed by atoms with Gasteiger partial charge in [-0.1, -0.05) is 28.9 Å². The summed E-state index contributed by atoms with van der Waals surface area (Å²) in [4.78, 5) is 11.6. The maximum absolute atomic E-state index is 11.6. The molecule has 2 aromatic rings. The summed E-state index contributed by atoms with van der Waals surface area (Å²) in [6, 6.07) is 7.07. The van der Waals surface area contributed by atoms with Crippen LogP contribution in [0.25, 0.3) is 5.69 Å². The molecule has 1 aromatic carbocycles. The highest BCUT2D eigenvalue weighted by atomic mass is 35.5. The Morgan fingerprint density at radius 1 is 1.41 bits per heavy atom. The number of aromatic nitrogens is 3. The number of nitrogens with zero attached hydrogens (tertiary/aromatic N) is 3. The van der Waals surface area contributed by atoms with Gasteiger partial charge in [-0.2, -0.15) is 0 Å². The number of carbonyl (C=O) groups excluding carboxylic acids is 1. The Balaban J connectivity index is 2.61. The zero-order valence-electron chi connectivity index (χ0n) is 9.35. The van der Waals surface area contributed by atoms with E-state index in [0.29, 0.717) is 16.4 Å². The molecule has 0 atom stereocenters. The minimum atomic E-state index is -0.493. The number of carbonyl (C=O) groups is 1. The number of aryl methyl sites for hydroxylation is 1. The lowest BCUT2D eigenvalue weighted by molar-refractivity contribution is 0.0589. The molecule has 0 saturated carbocycles. The first-order valence-electron chi connectivity index (χ1n) is 4.90. The second-order valence-corrected chi connectivity index (χ2v) is 3.79. The van der Waals surface area contributed by atoms with Crippen molar-refractivity contribution in [1.29, 1.82) is 0 Å². The summed E-state index contributed by atoms with van der Waals surface area (Å²) in [5, 5.41) is 8.24. The van der Waals surface area contributed by atoms with Crippen LogP contribution in [0.1, 0.15) is 16.2 Å². The molecule has 0 aliphatic heterocycles. The van der Waals surface area contributed by atoms with Gasteiger partial charge in [-0.3, -0.25) is 0 Å². The maximum Gasteiger partial charge on any atom is 0.358 e. The van der Waals surface area contributed by atoms with E-state index in [1.165, 1.54) is 11.8 Å².